The van der Waals surface area contributed by atoms with Gasteiger partial charge in [-0.3, -0.25) is 0 Å². The zero-order valence-corrected chi connectivity index (χ0v) is 7.72. The number of hydrogen-bond acceptors (Lipinski definition) is 2. The minimum absolute atomic E-state index is 0.0277. The summed E-state index contributed by atoms with van der Waals surface area (Å²) >= 11 is 5.13. The van der Waals surface area contributed by atoms with Gasteiger partial charge in [0.15, 0.2) is 0 Å². The molecule has 0 bridgehead atoms. The van der Waals surface area contributed by atoms with Gasteiger partial charge in [0.2, 0.25) is 0 Å². The Bertz CT molecular complexity index is 177. The molecule has 0 heterocycles. The number of ether oxygens (including phenoxy) is 1. The van der Waals surface area contributed by atoms with Crippen LogP contribution in [0.25, 0.3) is 0 Å². The zero-order valence-electron chi connectivity index (χ0n) is 6.96. The van der Waals surface area contributed by atoms with Crippen molar-refractivity contribution in [2.45, 2.75) is 38.2 Å². The van der Waals surface area contributed by atoms with Crippen molar-refractivity contribution in [3.8, 4) is 0 Å². The molecule has 2 nitrogen and oxygen atoms in total. The smallest absolute Gasteiger partial charge is 0.404 e. The van der Waals surface area contributed by atoms with Crippen molar-refractivity contribution in [3.63, 3.8) is 0 Å². The Morgan fingerprint density at radius 1 is 1.33 bits per heavy atom. The first kappa shape index (κ1) is 9.59. The maximum absolute atomic E-state index is 10.4. The summed E-state index contributed by atoms with van der Waals surface area (Å²) in [6.45, 7) is 0. The first-order valence-corrected chi connectivity index (χ1v) is 4.68. The quantitative estimate of drug-likeness (QED) is 0.467. The van der Waals surface area contributed by atoms with E-state index in [9.17, 15) is 4.79 Å². The van der Waals surface area contributed by atoms with Gasteiger partial charge in [0.25, 0.3) is 0 Å². The highest BCUT2D eigenvalue weighted by Crippen LogP contribution is 2.16. The van der Waals surface area contributed by atoms with Crippen LogP contribution in [-0.4, -0.2) is 11.5 Å². The van der Waals surface area contributed by atoms with Crippen LogP contribution in [0, 0.1) is 0 Å². The Labute approximate surface area is 77.5 Å². The molecule has 12 heavy (non-hydrogen) atoms. The van der Waals surface area contributed by atoms with Gasteiger partial charge in [-0.05, 0) is 32.1 Å². The van der Waals surface area contributed by atoms with Crippen molar-refractivity contribution in [2.24, 2.45) is 0 Å². The van der Waals surface area contributed by atoms with E-state index in [0.29, 0.717) is 0 Å². The van der Waals surface area contributed by atoms with E-state index in [2.05, 4.69) is 12.2 Å². The Balaban J connectivity index is 2.32. The molecule has 1 atom stereocenters. The fourth-order valence-corrected chi connectivity index (χ4v) is 1.50. The normalized spacial score (nSPS) is 26.9. The van der Waals surface area contributed by atoms with Crippen molar-refractivity contribution in [3.05, 3.63) is 12.2 Å². The molecule has 0 amide bonds. The summed E-state index contributed by atoms with van der Waals surface area (Å²) in [7, 11) is 0. The van der Waals surface area contributed by atoms with Crippen molar-refractivity contribution >= 4 is 17.0 Å². The lowest BCUT2D eigenvalue weighted by Gasteiger charge is -2.16. The molecule has 0 N–H and O–H groups in total. The SMILES string of the molecule is O=C(Cl)OC1CC/C=C\CCC1. The molecule has 1 aliphatic carbocycles. The monoisotopic (exact) mass is 188 g/mol. The van der Waals surface area contributed by atoms with Crippen LogP contribution in [-0.2, 0) is 4.74 Å². The first-order valence-electron chi connectivity index (χ1n) is 4.30. The molecule has 0 saturated carbocycles. The van der Waals surface area contributed by atoms with Crippen LogP contribution in [0.3, 0.4) is 0 Å². The molecule has 1 aliphatic rings. The number of carbonyl (C=O) groups is 1. The molecule has 1 rings (SSSR count). The van der Waals surface area contributed by atoms with Gasteiger partial charge < -0.3 is 4.74 Å². The van der Waals surface area contributed by atoms with Gasteiger partial charge in [-0.1, -0.05) is 12.2 Å². The lowest BCUT2D eigenvalue weighted by Crippen LogP contribution is -2.14. The van der Waals surface area contributed by atoms with Crippen LogP contribution in [0.2, 0.25) is 0 Å². The number of halogens is 1. The molecular weight excluding hydrogens is 176 g/mol. The van der Waals surface area contributed by atoms with E-state index in [1.54, 1.807) is 0 Å². The van der Waals surface area contributed by atoms with Crippen molar-refractivity contribution in [2.75, 3.05) is 0 Å². The topological polar surface area (TPSA) is 26.3 Å². The number of rotatable bonds is 1. The third-order valence-electron chi connectivity index (χ3n) is 1.98. The van der Waals surface area contributed by atoms with Gasteiger partial charge in [0, 0.05) is 11.6 Å². The van der Waals surface area contributed by atoms with Gasteiger partial charge in [0.1, 0.15) is 6.10 Å². The fraction of sp³-hybridized carbons (Fsp3) is 0.667. The molecule has 0 aromatic rings. The van der Waals surface area contributed by atoms with E-state index in [1.165, 1.54) is 0 Å². The van der Waals surface area contributed by atoms with Crippen LogP contribution in [0.1, 0.15) is 32.1 Å². The molecule has 0 saturated heterocycles. The number of allylic oxidation sites excluding steroid dienone is 2. The maximum atomic E-state index is 10.4. The van der Waals surface area contributed by atoms with E-state index in [-0.39, 0.29) is 6.10 Å². The van der Waals surface area contributed by atoms with Crippen LogP contribution in [0.4, 0.5) is 4.79 Å². The summed E-state index contributed by atoms with van der Waals surface area (Å²) in [4.78, 5) is 10.4. The van der Waals surface area contributed by atoms with Crippen molar-refractivity contribution in [1.29, 1.82) is 0 Å². The maximum Gasteiger partial charge on any atom is 0.404 e. The molecule has 3 heteroatoms. The van der Waals surface area contributed by atoms with E-state index in [0.717, 1.165) is 32.1 Å². The Hall–Kier alpha value is -0.500. The molecule has 1 unspecified atom stereocenters. The predicted molar refractivity (Wildman–Crippen MR) is 48.3 cm³/mol. The Morgan fingerprint density at radius 3 is 2.83 bits per heavy atom. The zero-order chi connectivity index (χ0) is 8.81. The molecule has 0 radical (unpaired) electrons. The molecule has 0 aromatic heterocycles. The minimum Gasteiger partial charge on any atom is -0.450 e. The second-order valence-electron chi connectivity index (χ2n) is 2.96. The molecular formula is C9H13ClO2. The lowest BCUT2D eigenvalue weighted by molar-refractivity contribution is 0.108. The minimum atomic E-state index is -0.676. The van der Waals surface area contributed by atoms with Gasteiger partial charge in [-0.25, -0.2) is 4.79 Å². The standard InChI is InChI=1S/C9H13ClO2/c10-9(11)12-8-6-4-2-1-3-5-7-8/h1-2,8H,3-7H2/b2-1-. The molecule has 0 fully saturated rings. The van der Waals surface area contributed by atoms with E-state index >= 15 is 0 Å². The van der Waals surface area contributed by atoms with E-state index in [4.69, 9.17) is 16.3 Å². The number of carbonyl (C=O) groups excluding carboxylic acids is 1. The third-order valence-corrected chi connectivity index (χ3v) is 2.07. The fourth-order valence-electron chi connectivity index (χ4n) is 1.37. The highest BCUT2D eigenvalue weighted by atomic mass is 35.5. The van der Waals surface area contributed by atoms with Gasteiger partial charge in [-0.2, -0.15) is 0 Å². The van der Waals surface area contributed by atoms with Crippen molar-refractivity contribution in [1.82, 2.24) is 0 Å². The molecule has 0 aliphatic heterocycles. The average molecular weight is 189 g/mol. The van der Waals surface area contributed by atoms with E-state index < -0.39 is 5.43 Å². The largest absolute Gasteiger partial charge is 0.450 e. The van der Waals surface area contributed by atoms with Crippen LogP contribution < -0.4 is 0 Å². The van der Waals surface area contributed by atoms with Crippen LogP contribution in [0.15, 0.2) is 12.2 Å². The second kappa shape index (κ2) is 5.20. The van der Waals surface area contributed by atoms with Gasteiger partial charge in [0.05, 0.1) is 0 Å². The summed E-state index contributed by atoms with van der Waals surface area (Å²) in [6, 6.07) is 0. The number of hydrogen-bond donors (Lipinski definition) is 0. The summed E-state index contributed by atoms with van der Waals surface area (Å²) in [5, 5.41) is 0. The highest BCUT2D eigenvalue weighted by molar-refractivity contribution is 6.61. The summed E-state index contributed by atoms with van der Waals surface area (Å²) < 4.78 is 4.92. The van der Waals surface area contributed by atoms with E-state index in [1.807, 2.05) is 0 Å². The molecule has 68 valence electrons. The first-order chi connectivity index (χ1) is 5.79. The predicted octanol–water partition coefficient (Wildman–Crippen LogP) is 3.25. The second-order valence-corrected chi connectivity index (χ2v) is 3.27. The lowest BCUT2D eigenvalue weighted by atomic mass is 10.0. The third kappa shape index (κ3) is 3.77. The average Bonchev–Trinajstić information content (AvgIpc) is 1.93. The molecule has 0 aromatic carbocycles. The Kier molecular flexibility index (Phi) is 4.15. The van der Waals surface area contributed by atoms with Gasteiger partial charge in [-0.15, -0.1) is 0 Å². The Morgan fingerprint density at radius 2 is 2.08 bits per heavy atom. The summed E-state index contributed by atoms with van der Waals surface area (Å²) in [5.74, 6) is 0. The summed E-state index contributed by atoms with van der Waals surface area (Å²) in [5.41, 5.74) is -0.676. The van der Waals surface area contributed by atoms with Crippen LogP contribution in [0.5, 0.6) is 0 Å². The summed E-state index contributed by atoms with van der Waals surface area (Å²) in [6.07, 6.45) is 9.31. The van der Waals surface area contributed by atoms with Gasteiger partial charge >= 0.3 is 5.43 Å². The van der Waals surface area contributed by atoms with Crippen LogP contribution >= 0.6 is 11.6 Å². The molecule has 0 spiro atoms. The highest BCUT2D eigenvalue weighted by Gasteiger charge is 2.12. The van der Waals surface area contributed by atoms with Crippen molar-refractivity contribution < 1.29 is 9.53 Å².